The molecule has 0 aliphatic rings. The van der Waals surface area contributed by atoms with E-state index in [-0.39, 0.29) is 12.2 Å². The average Bonchev–Trinajstić information content (AvgIpc) is 2.08. The van der Waals surface area contributed by atoms with Gasteiger partial charge in [-0.3, -0.25) is 4.79 Å². The number of carbonyl (C=O) groups is 1. The Labute approximate surface area is 81.4 Å². The summed E-state index contributed by atoms with van der Waals surface area (Å²) in [4.78, 5) is 10.4. The third kappa shape index (κ3) is 2.53. The van der Waals surface area contributed by atoms with Crippen LogP contribution in [0, 0.1) is 12.7 Å². The second kappa shape index (κ2) is 4.19. The lowest BCUT2D eigenvalue weighted by Crippen LogP contribution is -2.15. The predicted molar refractivity (Wildman–Crippen MR) is 50.3 cm³/mol. The third-order valence-corrected chi connectivity index (χ3v) is 2.00. The molecule has 0 spiro atoms. The fourth-order valence-electron chi connectivity index (χ4n) is 1.20. The molecule has 1 aromatic rings. The van der Waals surface area contributed by atoms with Gasteiger partial charge in [-0.15, -0.1) is 0 Å². The van der Waals surface area contributed by atoms with E-state index in [0.29, 0.717) is 11.1 Å². The minimum Gasteiger partial charge on any atom is -0.481 e. The lowest BCUT2D eigenvalue weighted by atomic mass is 10.0. The molecule has 0 saturated heterocycles. The summed E-state index contributed by atoms with van der Waals surface area (Å²) >= 11 is 0. The molecule has 0 heterocycles. The summed E-state index contributed by atoms with van der Waals surface area (Å²) in [5, 5.41) is 8.52. The number of aliphatic carboxylic acids is 1. The Balaban J connectivity index is 2.85. The standard InChI is InChI=1S/C10H12FNO2/c1-6-4-7(2-3-8(6)11)9(12)5-10(13)14/h2-4,9H,5,12H2,1H3,(H,13,14)/t9-/m0/s1. The van der Waals surface area contributed by atoms with Crippen molar-refractivity contribution in [3.8, 4) is 0 Å². The molecule has 3 nitrogen and oxygen atoms in total. The van der Waals surface area contributed by atoms with Crippen molar-refractivity contribution in [3.63, 3.8) is 0 Å². The van der Waals surface area contributed by atoms with Gasteiger partial charge < -0.3 is 10.8 Å². The van der Waals surface area contributed by atoms with Crippen molar-refractivity contribution in [3.05, 3.63) is 35.1 Å². The van der Waals surface area contributed by atoms with E-state index in [9.17, 15) is 9.18 Å². The maximum Gasteiger partial charge on any atom is 0.305 e. The molecule has 76 valence electrons. The summed E-state index contributed by atoms with van der Waals surface area (Å²) in [6.45, 7) is 1.62. The summed E-state index contributed by atoms with van der Waals surface area (Å²) in [6, 6.07) is 3.80. The molecule has 1 aromatic carbocycles. The Morgan fingerprint density at radius 2 is 2.29 bits per heavy atom. The van der Waals surface area contributed by atoms with Crippen LogP contribution in [0.15, 0.2) is 18.2 Å². The summed E-state index contributed by atoms with van der Waals surface area (Å²) in [7, 11) is 0. The van der Waals surface area contributed by atoms with E-state index in [0.717, 1.165) is 0 Å². The molecule has 0 aliphatic heterocycles. The van der Waals surface area contributed by atoms with E-state index in [1.54, 1.807) is 13.0 Å². The summed E-state index contributed by atoms with van der Waals surface area (Å²) < 4.78 is 12.9. The van der Waals surface area contributed by atoms with Gasteiger partial charge in [-0.05, 0) is 24.1 Å². The van der Waals surface area contributed by atoms with E-state index in [1.165, 1.54) is 12.1 Å². The van der Waals surface area contributed by atoms with Gasteiger partial charge in [0.25, 0.3) is 0 Å². The maximum absolute atomic E-state index is 12.9. The van der Waals surface area contributed by atoms with Crippen LogP contribution >= 0.6 is 0 Å². The van der Waals surface area contributed by atoms with E-state index in [1.807, 2.05) is 0 Å². The van der Waals surface area contributed by atoms with Crippen LogP contribution in [0.4, 0.5) is 4.39 Å². The van der Waals surface area contributed by atoms with E-state index in [2.05, 4.69) is 0 Å². The van der Waals surface area contributed by atoms with E-state index >= 15 is 0 Å². The van der Waals surface area contributed by atoms with Gasteiger partial charge in [-0.25, -0.2) is 4.39 Å². The molecule has 0 bridgehead atoms. The maximum atomic E-state index is 12.9. The van der Waals surface area contributed by atoms with Crippen molar-refractivity contribution >= 4 is 5.97 Å². The van der Waals surface area contributed by atoms with Crippen LogP contribution in [0.1, 0.15) is 23.6 Å². The second-order valence-corrected chi connectivity index (χ2v) is 3.21. The zero-order chi connectivity index (χ0) is 10.7. The zero-order valence-corrected chi connectivity index (χ0v) is 7.83. The van der Waals surface area contributed by atoms with Crippen molar-refractivity contribution in [1.29, 1.82) is 0 Å². The fourth-order valence-corrected chi connectivity index (χ4v) is 1.20. The number of hydrogen-bond acceptors (Lipinski definition) is 2. The van der Waals surface area contributed by atoms with Gasteiger partial charge in [0, 0.05) is 6.04 Å². The lowest BCUT2D eigenvalue weighted by Gasteiger charge is -2.10. The Bertz CT molecular complexity index is 352. The molecule has 0 unspecified atom stereocenters. The number of hydrogen-bond donors (Lipinski definition) is 2. The number of carboxylic acids is 1. The van der Waals surface area contributed by atoms with Gasteiger partial charge >= 0.3 is 5.97 Å². The fraction of sp³-hybridized carbons (Fsp3) is 0.300. The second-order valence-electron chi connectivity index (χ2n) is 3.21. The lowest BCUT2D eigenvalue weighted by molar-refractivity contribution is -0.137. The van der Waals surface area contributed by atoms with Crippen molar-refractivity contribution < 1.29 is 14.3 Å². The molecule has 4 heteroatoms. The van der Waals surface area contributed by atoms with Crippen LogP contribution in [0.5, 0.6) is 0 Å². The molecule has 0 aromatic heterocycles. The van der Waals surface area contributed by atoms with Gasteiger partial charge in [0.2, 0.25) is 0 Å². The van der Waals surface area contributed by atoms with Gasteiger partial charge in [0.05, 0.1) is 6.42 Å². The summed E-state index contributed by atoms with van der Waals surface area (Å²) in [6.07, 6.45) is -0.148. The van der Waals surface area contributed by atoms with E-state index in [4.69, 9.17) is 10.8 Å². The topological polar surface area (TPSA) is 63.3 Å². The number of rotatable bonds is 3. The van der Waals surface area contributed by atoms with Gasteiger partial charge in [-0.1, -0.05) is 12.1 Å². The Hall–Kier alpha value is -1.42. The minimum absolute atomic E-state index is 0.148. The largest absolute Gasteiger partial charge is 0.481 e. The number of benzene rings is 1. The Morgan fingerprint density at radius 1 is 1.64 bits per heavy atom. The van der Waals surface area contributed by atoms with E-state index < -0.39 is 12.0 Å². The molecule has 0 fully saturated rings. The molecular weight excluding hydrogens is 185 g/mol. The SMILES string of the molecule is Cc1cc([C@@H](N)CC(=O)O)ccc1F. The Kier molecular flexibility index (Phi) is 3.19. The smallest absolute Gasteiger partial charge is 0.305 e. The van der Waals surface area contributed by atoms with Crippen LogP contribution in [0.2, 0.25) is 0 Å². The summed E-state index contributed by atoms with van der Waals surface area (Å²) in [5.74, 6) is -1.27. The van der Waals surface area contributed by atoms with Gasteiger partial charge in [-0.2, -0.15) is 0 Å². The molecule has 0 aliphatic carbocycles. The molecule has 14 heavy (non-hydrogen) atoms. The first-order valence-electron chi connectivity index (χ1n) is 4.24. The van der Waals surface area contributed by atoms with Gasteiger partial charge in [0.1, 0.15) is 5.82 Å². The van der Waals surface area contributed by atoms with Crippen LogP contribution < -0.4 is 5.73 Å². The predicted octanol–water partition coefficient (Wildman–Crippen LogP) is 1.61. The first-order valence-corrected chi connectivity index (χ1v) is 4.24. The molecule has 3 N–H and O–H groups in total. The molecule has 1 rings (SSSR count). The highest BCUT2D eigenvalue weighted by Gasteiger charge is 2.11. The first kappa shape index (κ1) is 10.7. The average molecular weight is 197 g/mol. The zero-order valence-electron chi connectivity index (χ0n) is 7.83. The summed E-state index contributed by atoms with van der Waals surface area (Å²) in [5.41, 5.74) is 6.73. The minimum atomic E-state index is -0.959. The molecular formula is C10H12FNO2. The highest BCUT2D eigenvalue weighted by molar-refractivity contribution is 5.67. The normalized spacial score (nSPS) is 12.5. The highest BCUT2D eigenvalue weighted by Crippen LogP contribution is 2.17. The van der Waals surface area contributed by atoms with Crippen LogP contribution in [0.25, 0.3) is 0 Å². The molecule has 0 radical (unpaired) electrons. The number of aryl methyl sites for hydroxylation is 1. The van der Waals surface area contributed by atoms with Crippen molar-refractivity contribution in [2.45, 2.75) is 19.4 Å². The third-order valence-electron chi connectivity index (χ3n) is 2.00. The van der Waals surface area contributed by atoms with Crippen molar-refractivity contribution in [2.75, 3.05) is 0 Å². The molecule has 0 amide bonds. The molecule has 1 atom stereocenters. The first-order chi connectivity index (χ1) is 6.50. The molecule has 0 saturated carbocycles. The number of carboxylic acid groups (broad SMARTS) is 1. The van der Waals surface area contributed by atoms with Gasteiger partial charge in [0.15, 0.2) is 0 Å². The number of halogens is 1. The van der Waals surface area contributed by atoms with Crippen LogP contribution in [-0.4, -0.2) is 11.1 Å². The Morgan fingerprint density at radius 3 is 2.79 bits per heavy atom. The van der Waals surface area contributed by atoms with Crippen molar-refractivity contribution in [2.24, 2.45) is 5.73 Å². The van der Waals surface area contributed by atoms with Crippen LogP contribution in [0.3, 0.4) is 0 Å². The monoisotopic (exact) mass is 197 g/mol. The van der Waals surface area contributed by atoms with Crippen molar-refractivity contribution in [1.82, 2.24) is 0 Å². The van der Waals surface area contributed by atoms with Crippen LogP contribution in [-0.2, 0) is 4.79 Å². The number of nitrogens with two attached hydrogens (primary N) is 1. The highest BCUT2D eigenvalue weighted by atomic mass is 19.1. The quantitative estimate of drug-likeness (QED) is 0.773.